The van der Waals surface area contributed by atoms with Crippen molar-refractivity contribution in [2.24, 2.45) is 0 Å². The van der Waals surface area contributed by atoms with Crippen molar-refractivity contribution in [2.75, 3.05) is 5.32 Å². The monoisotopic (exact) mass is 337 g/mol. The van der Waals surface area contributed by atoms with Crippen LogP contribution in [-0.2, 0) is 11.3 Å². The zero-order chi connectivity index (χ0) is 14.5. The molecule has 1 amide bonds. The maximum Gasteiger partial charge on any atom is 0.412 e. The second-order valence-corrected chi connectivity index (χ2v) is 5.18. The molecule has 2 rings (SSSR count). The van der Waals surface area contributed by atoms with Crippen molar-refractivity contribution in [3.05, 3.63) is 63.9 Å². The van der Waals surface area contributed by atoms with E-state index in [1.807, 2.05) is 30.3 Å². The van der Waals surface area contributed by atoms with Crippen molar-refractivity contribution in [1.82, 2.24) is 0 Å². The zero-order valence-corrected chi connectivity index (χ0v) is 12.4. The van der Waals surface area contributed by atoms with Gasteiger partial charge in [-0.1, -0.05) is 46.3 Å². The van der Waals surface area contributed by atoms with E-state index in [0.29, 0.717) is 10.0 Å². The maximum absolute atomic E-state index is 13.7. The number of ether oxygens (including phenoxy) is 1. The minimum absolute atomic E-state index is 0.131. The van der Waals surface area contributed by atoms with Gasteiger partial charge in [0.15, 0.2) is 0 Å². The van der Waals surface area contributed by atoms with E-state index in [0.717, 1.165) is 5.56 Å². The Morgan fingerprint density at radius 2 is 2.00 bits per heavy atom. The number of hydrogen-bond acceptors (Lipinski definition) is 2. The summed E-state index contributed by atoms with van der Waals surface area (Å²) in [6.07, 6.45) is -0.682. The lowest BCUT2D eigenvalue weighted by molar-refractivity contribution is 0.155. The fraction of sp³-hybridized carbons (Fsp3) is 0.133. The van der Waals surface area contributed by atoms with Gasteiger partial charge in [-0.2, -0.15) is 0 Å². The van der Waals surface area contributed by atoms with Crippen molar-refractivity contribution in [3.8, 4) is 0 Å². The van der Waals surface area contributed by atoms with Gasteiger partial charge in [-0.15, -0.1) is 0 Å². The minimum atomic E-state index is -0.682. The topological polar surface area (TPSA) is 38.3 Å². The lowest BCUT2D eigenvalue weighted by Gasteiger charge is -2.10. The van der Waals surface area contributed by atoms with Gasteiger partial charge in [-0.05, 0) is 30.2 Å². The molecule has 3 nitrogen and oxygen atoms in total. The molecule has 0 spiro atoms. The molecule has 104 valence electrons. The molecule has 0 aromatic heterocycles. The third-order valence-electron chi connectivity index (χ3n) is 2.69. The SMILES string of the molecule is Cc1cc(Br)cc(F)c1NC(=O)OCc1ccccc1. The first-order valence-corrected chi connectivity index (χ1v) is 6.79. The van der Waals surface area contributed by atoms with E-state index in [9.17, 15) is 9.18 Å². The first-order valence-electron chi connectivity index (χ1n) is 5.99. The van der Waals surface area contributed by atoms with Crippen LogP contribution in [0.2, 0.25) is 0 Å². The molecule has 0 atom stereocenters. The second-order valence-electron chi connectivity index (χ2n) is 4.27. The summed E-state index contributed by atoms with van der Waals surface area (Å²) in [6, 6.07) is 12.3. The van der Waals surface area contributed by atoms with Crippen molar-refractivity contribution in [1.29, 1.82) is 0 Å². The third kappa shape index (κ3) is 3.81. The van der Waals surface area contributed by atoms with Crippen molar-refractivity contribution in [3.63, 3.8) is 0 Å². The Hall–Kier alpha value is -1.88. The molecule has 0 aliphatic carbocycles. The summed E-state index contributed by atoms with van der Waals surface area (Å²) in [5.41, 5.74) is 1.62. The molecule has 0 radical (unpaired) electrons. The highest BCUT2D eigenvalue weighted by atomic mass is 79.9. The van der Waals surface area contributed by atoms with Crippen LogP contribution in [0.3, 0.4) is 0 Å². The molecule has 20 heavy (non-hydrogen) atoms. The van der Waals surface area contributed by atoms with Crippen LogP contribution in [-0.4, -0.2) is 6.09 Å². The lowest BCUT2D eigenvalue weighted by Crippen LogP contribution is -2.15. The molecule has 0 saturated heterocycles. The maximum atomic E-state index is 13.7. The molecule has 0 saturated carbocycles. The normalized spacial score (nSPS) is 10.2. The second kappa shape index (κ2) is 6.52. The summed E-state index contributed by atoms with van der Waals surface area (Å²) in [6.45, 7) is 1.85. The predicted octanol–water partition coefficient (Wildman–Crippen LogP) is 4.65. The minimum Gasteiger partial charge on any atom is -0.444 e. The van der Waals surface area contributed by atoms with Crippen LogP contribution in [0, 0.1) is 12.7 Å². The number of halogens is 2. The number of hydrogen-bond donors (Lipinski definition) is 1. The summed E-state index contributed by atoms with van der Waals surface area (Å²) in [4.78, 5) is 11.7. The largest absolute Gasteiger partial charge is 0.444 e. The molecule has 1 N–H and O–H groups in total. The van der Waals surface area contributed by atoms with E-state index in [1.165, 1.54) is 6.07 Å². The van der Waals surface area contributed by atoms with Gasteiger partial charge in [0.25, 0.3) is 0 Å². The van der Waals surface area contributed by atoms with Gasteiger partial charge in [0.2, 0.25) is 0 Å². The molecule has 0 bridgehead atoms. The lowest BCUT2D eigenvalue weighted by atomic mass is 10.2. The van der Waals surface area contributed by atoms with Crippen LogP contribution < -0.4 is 5.32 Å². The molecule has 0 aliphatic heterocycles. The van der Waals surface area contributed by atoms with Crippen LogP contribution in [0.15, 0.2) is 46.9 Å². The summed E-state index contributed by atoms with van der Waals surface area (Å²) in [7, 11) is 0. The molecule has 0 aliphatic rings. The zero-order valence-electron chi connectivity index (χ0n) is 10.8. The first kappa shape index (κ1) is 14.5. The summed E-state index contributed by atoms with van der Waals surface area (Å²) in [5, 5.41) is 2.42. The number of carbonyl (C=O) groups excluding carboxylic acids is 1. The Balaban J connectivity index is 1.98. The van der Waals surface area contributed by atoms with Crippen molar-refractivity contribution in [2.45, 2.75) is 13.5 Å². The molecule has 0 unspecified atom stereocenters. The Labute approximate surface area is 124 Å². The van der Waals surface area contributed by atoms with Crippen LogP contribution >= 0.6 is 15.9 Å². The Morgan fingerprint density at radius 3 is 2.65 bits per heavy atom. The fourth-order valence-electron chi connectivity index (χ4n) is 1.72. The van der Waals surface area contributed by atoms with Crippen LogP contribution in [0.4, 0.5) is 14.9 Å². The van der Waals surface area contributed by atoms with Crippen LogP contribution in [0.25, 0.3) is 0 Å². The van der Waals surface area contributed by atoms with Gasteiger partial charge in [0.05, 0.1) is 5.69 Å². The highest BCUT2D eigenvalue weighted by molar-refractivity contribution is 9.10. The third-order valence-corrected chi connectivity index (χ3v) is 3.15. The molecule has 2 aromatic rings. The highest BCUT2D eigenvalue weighted by Gasteiger charge is 2.11. The van der Waals surface area contributed by atoms with Gasteiger partial charge in [0, 0.05) is 4.47 Å². The average molecular weight is 338 g/mol. The standard InChI is InChI=1S/C15H13BrFNO2/c1-10-7-12(16)8-13(17)14(10)18-15(19)20-9-11-5-3-2-4-6-11/h2-8H,9H2,1H3,(H,18,19). The molecule has 0 fully saturated rings. The Kier molecular flexibility index (Phi) is 4.74. The van der Waals surface area contributed by atoms with E-state index in [4.69, 9.17) is 4.74 Å². The quantitative estimate of drug-likeness (QED) is 0.885. The molecular formula is C15H13BrFNO2. The summed E-state index contributed by atoms with van der Waals surface area (Å²) in [5.74, 6) is -0.506. The van der Waals surface area contributed by atoms with E-state index < -0.39 is 11.9 Å². The van der Waals surface area contributed by atoms with Crippen molar-refractivity contribution >= 4 is 27.7 Å². The summed E-state index contributed by atoms with van der Waals surface area (Å²) < 4.78 is 19.4. The van der Waals surface area contributed by atoms with Crippen LogP contribution in [0.5, 0.6) is 0 Å². The van der Waals surface area contributed by atoms with E-state index in [2.05, 4.69) is 21.2 Å². The number of benzene rings is 2. The number of carbonyl (C=O) groups is 1. The number of rotatable bonds is 3. The van der Waals surface area contributed by atoms with Gasteiger partial charge >= 0.3 is 6.09 Å². The average Bonchev–Trinajstić information content (AvgIpc) is 2.42. The van der Waals surface area contributed by atoms with Gasteiger partial charge in [0.1, 0.15) is 12.4 Å². The van der Waals surface area contributed by atoms with E-state index in [1.54, 1.807) is 13.0 Å². The van der Waals surface area contributed by atoms with Gasteiger partial charge in [-0.25, -0.2) is 9.18 Å². The van der Waals surface area contributed by atoms with E-state index >= 15 is 0 Å². The fourth-order valence-corrected chi connectivity index (χ4v) is 2.27. The van der Waals surface area contributed by atoms with E-state index in [-0.39, 0.29) is 12.3 Å². The first-order chi connectivity index (χ1) is 9.56. The number of anilines is 1. The Bertz CT molecular complexity index is 594. The molecule has 2 aromatic carbocycles. The van der Waals surface area contributed by atoms with Gasteiger partial charge in [-0.3, -0.25) is 5.32 Å². The highest BCUT2D eigenvalue weighted by Crippen LogP contribution is 2.24. The van der Waals surface area contributed by atoms with Crippen molar-refractivity contribution < 1.29 is 13.9 Å². The molecular weight excluding hydrogens is 325 g/mol. The predicted molar refractivity (Wildman–Crippen MR) is 79.1 cm³/mol. The number of aryl methyl sites for hydroxylation is 1. The molecule has 5 heteroatoms. The number of amides is 1. The van der Waals surface area contributed by atoms with Gasteiger partial charge < -0.3 is 4.74 Å². The van der Waals surface area contributed by atoms with Crippen LogP contribution in [0.1, 0.15) is 11.1 Å². The summed E-state index contributed by atoms with van der Waals surface area (Å²) >= 11 is 3.19. The molecule has 0 heterocycles. The number of nitrogens with one attached hydrogen (secondary N) is 1. The smallest absolute Gasteiger partial charge is 0.412 e. The Morgan fingerprint density at radius 1 is 1.30 bits per heavy atom.